The molecule has 2 aromatic rings. The Morgan fingerprint density at radius 3 is 2.35 bits per heavy atom. The van der Waals surface area contributed by atoms with Gasteiger partial charge in [0.25, 0.3) is 26.1 Å². The molecular weight excluding hydrogens is 613 g/mol. The van der Waals surface area contributed by atoms with Gasteiger partial charge < -0.3 is 14.6 Å². The van der Waals surface area contributed by atoms with E-state index in [1.165, 1.54) is 10.8 Å². The first-order valence-corrected chi connectivity index (χ1v) is 21.3. The van der Waals surface area contributed by atoms with Gasteiger partial charge in [-0.15, -0.1) is 0 Å². The number of hydrogen-bond acceptors (Lipinski definition) is 10. The van der Waals surface area contributed by atoms with Crippen LogP contribution in [0.2, 0.25) is 25.7 Å². The molecule has 1 amide bonds. The van der Waals surface area contributed by atoms with E-state index in [-0.39, 0.29) is 31.5 Å². The van der Waals surface area contributed by atoms with E-state index in [0.717, 1.165) is 49.8 Å². The zero-order chi connectivity index (χ0) is 31.8. The van der Waals surface area contributed by atoms with Crippen molar-refractivity contribution in [3.05, 3.63) is 53.1 Å². The van der Waals surface area contributed by atoms with Crippen LogP contribution in [0.1, 0.15) is 59.0 Å². The third-order valence-electron chi connectivity index (χ3n) is 6.69. The van der Waals surface area contributed by atoms with Gasteiger partial charge >= 0.3 is 0 Å². The molecule has 0 radical (unpaired) electrons. The van der Waals surface area contributed by atoms with Crippen LogP contribution in [0.4, 0.5) is 5.69 Å². The van der Waals surface area contributed by atoms with Crippen LogP contribution in [0.3, 0.4) is 0 Å². The number of allylic oxidation sites excluding steroid dienone is 2. The van der Waals surface area contributed by atoms with Crippen LogP contribution in [0.5, 0.6) is 0 Å². The number of carbonyl (C=O) groups is 1. The summed E-state index contributed by atoms with van der Waals surface area (Å²) in [6.07, 6.45) is 8.99. The Morgan fingerprint density at radius 2 is 1.79 bits per heavy atom. The normalized spacial score (nSPS) is 14.4. The van der Waals surface area contributed by atoms with Gasteiger partial charge in [-0.1, -0.05) is 31.8 Å². The minimum absolute atomic E-state index is 0.0261. The van der Waals surface area contributed by atoms with Gasteiger partial charge in [-0.3, -0.25) is 13.2 Å². The highest BCUT2D eigenvalue weighted by atomic mass is 32.2. The molecule has 1 aliphatic carbocycles. The summed E-state index contributed by atoms with van der Waals surface area (Å²) < 4.78 is 64.1. The fourth-order valence-corrected chi connectivity index (χ4v) is 5.97. The number of nitrogens with zero attached hydrogens (tertiary/aromatic N) is 3. The van der Waals surface area contributed by atoms with Crippen LogP contribution in [-0.4, -0.2) is 72.7 Å². The van der Waals surface area contributed by atoms with E-state index in [2.05, 4.69) is 36.0 Å². The Hall–Kier alpha value is -2.87. The number of benzene rings is 1. The lowest BCUT2D eigenvalue weighted by atomic mass is 9.89. The molecular formula is C28H40N4O8S2Si. The summed E-state index contributed by atoms with van der Waals surface area (Å²) in [4.78, 5) is 17.7. The van der Waals surface area contributed by atoms with Crippen LogP contribution in [-0.2, 0) is 40.1 Å². The molecule has 1 aromatic carbocycles. The van der Waals surface area contributed by atoms with Crippen LogP contribution in [0.15, 0.2) is 30.5 Å². The van der Waals surface area contributed by atoms with Crippen molar-refractivity contribution in [3.63, 3.8) is 0 Å². The van der Waals surface area contributed by atoms with E-state index in [4.69, 9.17) is 13.1 Å². The largest absolute Gasteiger partial charge is 0.361 e. The minimum Gasteiger partial charge on any atom is -0.361 e. The highest BCUT2D eigenvalue weighted by Gasteiger charge is 2.23. The predicted octanol–water partition coefficient (Wildman–Crippen LogP) is 4.31. The molecule has 0 aliphatic heterocycles. The van der Waals surface area contributed by atoms with Crippen molar-refractivity contribution < 1.29 is 34.7 Å². The maximum absolute atomic E-state index is 13.5. The first-order chi connectivity index (χ1) is 20.0. The minimum atomic E-state index is -3.80. The van der Waals surface area contributed by atoms with Gasteiger partial charge in [0, 0.05) is 38.0 Å². The molecule has 43 heavy (non-hydrogen) atoms. The van der Waals surface area contributed by atoms with Crippen molar-refractivity contribution in [2.45, 2.75) is 64.0 Å². The molecule has 3 rings (SSSR count). The highest BCUT2D eigenvalue weighted by molar-refractivity contribution is 7.86. The molecule has 1 N–H and O–H groups in total. The van der Waals surface area contributed by atoms with E-state index in [1.807, 2.05) is 6.07 Å². The number of rotatable bonds is 15. The van der Waals surface area contributed by atoms with Crippen LogP contribution in [0, 0.1) is 11.3 Å². The number of imidazole rings is 1. The molecule has 0 saturated carbocycles. The Bertz CT molecular complexity index is 1550. The molecule has 0 saturated heterocycles. The number of amides is 1. The van der Waals surface area contributed by atoms with Crippen LogP contribution in [0.25, 0.3) is 5.57 Å². The third kappa shape index (κ3) is 11.6. The van der Waals surface area contributed by atoms with Crippen molar-refractivity contribution in [1.29, 1.82) is 5.26 Å². The van der Waals surface area contributed by atoms with Gasteiger partial charge in [-0.05, 0) is 55.0 Å². The summed E-state index contributed by atoms with van der Waals surface area (Å²) in [6.45, 7) is 6.67. The average Bonchev–Trinajstić information content (AvgIpc) is 3.34. The summed E-state index contributed by atoms with van der Waals surface area (Å²) in [6, 6.07) is 8.05. The number of nitrogens with one attached hydrogen (secondary N) is 1. The lowest BCUT2D eigenvalue weighted by Gasteiger charge is -2.22. The van der Waals surface area contributed by atoms with E-state index in [1.54, 1.807) is 18.2 Å². The zero-order valence-electron chi connectivity index (χ0n) is 25.3. The predicted molar refractivity (Wildman–Crippen MR) is 166 cm³/mol. The molecule has 0 atom stereocenters. The molecule has 0 bridgehead atoms. The standard InChI is InChI=1S/C28H40N4O8S2Si/c1-41(34,35)39-18-23(19-40-42(2,36)37)22-11-12-26(25(15-22)21-9-7-6-8-10-21)31-28(33)27-30-24(16-29)17-32(27)20-38-13-14-43(3,4)5/h9,11-12,15,17,23H,6-8,10,13-14,18-20H2,1-5H3,(H,31,33). The number of nitriles is 1. The summed E-state index contributed by atoms with van der Waals surface area (Å²) in [7, 11) is -8.91. The second-order valence-corrected chi connectivity index (χ2v) is 20.7. The summed E-state index contributed by atoms with van der Waals surface area (Å²) in [5.74, 6) is -1.24. The average molecular weight is 653 g/mol. The summed E-state index contributed by atoms with van der Waals surface area (Å²) in [5, 5.41) is 12.3. The van der Waals surface area contributed by atoms with E-state index in [9.17, 15) is 26.9 Å². The molecule has 12 nitrogen and oxygen atoms in total. The zero-order valence-corrected chi connectivity index (χ0v) is 27.9. The van der Waals surface area contributed by atoms with Crippen LogP contribution >= 0.6 is 0 Å². The summed E-state index contributed by atoms with van der Waals surface area (Å²) >= 11 is 0. The van der Waals surface area contributed by atoms with Crippen molar-refractivity contribution in [3.8, 4) is 6.07 Å². The summed E-state index contributed by atoms with van der Waals surface area (Å²) in [5.41, 5.74) is 2.85. The second-order valence-electron chi connectivity index (χ2n) is 11.8. The molecule has 0 unspecified atom stereocenters. The Labute approximate surface area is 255 Å². The Morgan fingerprint density at radius 1 is 1.12 bits per heavy atom. The highest BCUT2D eigenvalue weighted by Crippen LogP contribution is 2.34. The molecule has 1 aliphatic rings. The number of aromatic nitrogens is 2. The lowest BCUT2D eigenvalue weighted by Crippen LogP contribution is -2.23. The first-order valence-electron chi connectivity index (χ1n) is 13.9. The third-order valence-corrected chi connectivity index (χ3v) is 9.52. The van der Waals surface area contributed by atoms with Gasteiger partial charge in [0.05, 0.1) is 25.7 Å². The van der Waals surface area contributed by atoms with Gasteiger partial charge in [0.1, 0.15) is 12.8 Å². The fourth-order valence-electron chi connectivity index (χ4n) is 4.39. The van der Waals surface area contributed by atoms with E-state index < -0.39 is 40.1 Å². The maximum atomic E-state index is 13.5. The van der Waals surface area contributed by atoms with Crippen molar-refractivity contribution in [1.82, 2.24) is 9.55 Å². The van der Waals surface area contributed by atoms with Crippen molar-refractivity contribution >= 4 is 45.5 Å². The fraction of sp³-hybridized carbons (Fsp3) is 0.536. The number of anilines is 1. The molecule has 1 heterocycles. The number of carbonyl (C=O) groups excluding carboxylic acids is 1. The quantitative estimate of drug-likeness (QED) is 0.166. The van der Waals surface area contributed by atoms with E-state index in [0.29, 0.717) is 23.4 Å². The van der Waals surface area contributed by atoms with Gasteiger partial charge in [-0.25, -0.2) is 4.98 Å². The number of ether oxygens (including phenoxy) is 1. The van der Waals surface area contributed by atoms with Crippen LogP contribution < -0.4 is 5.32 Å². The van der Waals surface area contributed by atoms with Gasteiger partial charge in [0.2, 0.25) is 5.82 Å². The van der Waals surface area contributed by atoms with Crippen molar-refractivity contribution in [2.24, 2.45) is 0 Å². The molecule has 15 heteroatoms. The lowest BCUT2D eigenvalue weighted by molar-refractivity contribution is 0.0808. The molecule has 1 aromatic heterocycles. The monoisotopic (exact) mass is 652 g/mol. The second kappa shape index (κ2) is 14.7. The molecule has 0 spiro atoms. The topological polar surface area (TPSA) is 167 Å². The van der Waals surface area contributed by atoms with Crippen molar-refractivity contribution in [2.75, 3.05) is 37.6 Å². The van der Waals surface area contributed by atoms with E-state index >= 15 is 0 Å². The maximum Gasteiger partial charge on any atom is 0.291 e. The Balaban J connectivity index is 1.93. The Kier molecular flexibility index (Phi) is 11.9. The smallest absolute Gasteiger partial charge is 0.291 e. The first kappa shape index (κ1) is 34.6. The number of hydrogen-bond donors (Lipinski definition) is 1. The SMILES string of the molecule is C[Si](C)(C)CCOCn1cc(C#N)nc1C(=O)Nc1ccc(C(COS(C)(=O)=O)COS(C)(=O)=O)cc1C1=CCCCC1. The molecule has 0 fully saturated rings. The van der Waals surface area contributed by atoms with Gasteiger partial charge in [-0.2, -0.15) is 22.1 Å². The molecule has 236 valence electrons. The van der Waals surface area contributed by atoms with Gasteiger partial charge in [0.15, 0.2) is 5.69 Å².